The van der Waals surface area contributed by atoms with Gasteiger partial charge in [-0.2, -0.15) is 5.10 Å². The molecule has 0 N–H and O–H groups in total. The van der Waals surface area contributed by atoms with Gasteiger partial charge in [0, 0.05) is 16.8 Å². The minimum absolute atomic E-state index is 0.296. The minimum Gasteiger partial charge on any atom is -0.268 e. The van der Waals surface area contributed by atoms with Crippen molar-refractivity contribution in [3.05, 3.63) is 52.6 Å². The van der Waals surface area contributed by atoms with Gasteiger partial charge in [-0.05, 0) is 25.1 Å². The highest BCUT2D eigenvalue weighted by molar-refractivity contribution is 6.31. The summed E-state index contributed by atoms with van der Waals surface area (Å²) in [6, 6.07) is 6.54. The second-order valence-corrected chi connectivity index (χ2v) is 3.76. The Labute approximate surface area is 92.3 Å². The molecule has 0 unspecified atom stereocenters. The highest BCUT2D eigenvalue weighted by Gasteiger charge is 2.07. The maximum absolute atomic E-state index is 13.4. The highest BCUT2D eigenvalue weighted by atomic mass is 35.5. The number of benzene rings is 1. The second kappa shape index (κ2) is 4.03. The molecule has 2 nitrogen and oxygen atoms in total. The van der Waals surface area contributed by atoms with Gasteiger partial charge in [-0.15, -0.1) is 0 Å². The van der Waals surface area contributed by atoms with Crippen LogP contribution in [0.3, 0.4) is 0 Å². The van der Waals surface area contributed by atoms with Crippen molar-refractivity contribution in [2.24, 2.45) is 0 Å². The van der Waals surface area contributed by atoms with Gasteiger partial charge in [0.25, 0.3) is 0 Å². The van der Waals surface area contributed by atoms with Gasteiger partial charge in [0.15, 0.2) is 0 Å². The van der Waals surface area contributed by atoms with Gasteiger partial charge in [0.2, 0.25) is 0 Å². The molecule has 0 fully saturated rings. The molecule has 0 radical (unpaired) electrons. The molecule has 0 bridgehead atoms. The highest BCUT2D eigenvalue weighted by Crippen LogP contribution is 2.19. The molecule has 0 saturated heterocycles. The first-order valence-corrected chi connectivity index (χ1v) is 4.97. The summed E-state index contributed by atoms with van der Waals surface area (Å²) in [6.07, 6.45) is 1.80. The molecule has 1 aromatic heterocycles. The van der Waals surface area contributed by atoms with Gasteiger partial charge >= 0.3 is 0 Å². The largest absolute Gasteiger partial charge is 0.268 e. The van der Waals surface area contributed by atoms with E-state index < -0.39 is 0 Å². The van der Waals surface area contributed by atoms with Crippen LogP contribution in [0.5, 0.6) is 0 Å². The zero-order chi connectivity index (χ0) is 10.8. The maximum Gasteiger partial charge on any atom is 0.129 e. The van der Waals surface area contributed by atoms with Crippen LogP contribution < -0.4 is 0 Å². The molecule has 0 spiro atoms. The SMILES string of the molecule is Cc1ccn(Cc2c(F)cccc2Cl)n1. The van der Waals surface area contributed by atoms with E-state index in [4.69, 9.17) is 11.6 Å². The number of halogens is 2. The van der Waals surface area contributed by atoms with E-state index in [1.54, 1.807) is 23.0 Å². The molecule has 2 rings (SSSR count). The fraction of sp³-hybridized carbons (Fsp3) is 0.182. The molecule has 0 atom stereocenters. The van der Waals surface area contributed by atoms with Crippen molar-refractivity contribution in [1.82, 2.24) is 9.78 Å². The Kier molecular flexibility index (Phi) is 2.73. The van der Waals surface area contributed by atoms with Crippen LogP contribution in [0.25, 0.3) is 0 Å². The van der Waals surface area contributed by atoms with Gasteiger partial charge in [0.05, 0.1) is 12.2 Å². The molecule has 2 aromatic rings. The van der Waals surface area contributed by atoms with Crippen LogP contribution in [-0.4, -0.2) is 9.78 Å². The molecular formula is C11H10ClFN2. The lowest BCUT2D eigenvalue weighted by molar-refractivity contribution is 0.584. The summed E-state index contributed by atoms with van der Waals surface area (Å²) in [5.74, 6) is -0.296. The minimum atomic E-state index is -0.296. The monoisotopic (exact) mass is 224 g/mol. The third kappa shape index (κ3) is 2.18. The predicted octanol–water partition coefficient (Wildman–Crippen LogP) is 3.03. The maximum atomic E-state index is 13.4. The molecule has 0 aliphatic rings. The number of hydrogen-bond acceptors (Lipinski definition) is 1. The average molecular weight is 225 g/mol. The van der Waals surface area contributed by atoms with Gasteiger partial charge in [0.1, 0.15) is 5.82 Å². The number of aryl methyl sites for hydroxylation is 1. The van der Waals surface area contributed by atoms with Crippen molar-refractivity contribution in [3.8, 4) is 0 Å². The average Bonchev–Trinajstić information content (AvgIpc) is 2.58. The van der Waals surface area contributed by atoms with Gasteiger partial charge in [-0.3, -0.25) is 4.68 Å². The molecule has 0 amide bonds. The first-order chi connectivity index (χ1) is 7.16. The first-order valence-electron chi connectivity index (χ1n) is 4.60. The third-order valence-corrected chi connectivity index (χ3v) is 2.51. The van der Waals surface area contributed by atoms with Gasteiger partial charge < -0.3 is 0 Å². The Morgan fingerprint density at radius 1 is 1.40 bits per heavy atom. The van der Waals surface area contributed by atoms with Gasteiger partial charge in [-0.25, -0.2) is 4.39 Å². The van der Waals surface area contributed by atoms with E-state index in [-0.39, 0.29) is 5.82 Å². The van der Waals surface area contributed by atoms with Crippen LogP contribution in [0.4, 0.5) is 4.39 Å². The fourth-order valence-corrected chi connectivity index (χ4v) is 1.62. The lowest BCUT2D eigenvalue weighted by Crippen LogP contribution is -2.03. The standard InChI is InChI=1S/C11H10ClFN2/c1-8-5-6-15(14-8)7-9-10(12)3-2-4-11(9)13/h2-6H,7H2,1H3. The smallest absolute Gasteiger partial charge is 0.129 e. The zero-order valence-electron chi connectivity index (χ0n) is 8.24. The normalized spacial score (nSPS) is 10.6. The van der Waals surface area contributed by atoms with Crippen LogP contribution in [0.2, 0.25) is 5.02 Å². The number of hydrogen-bond donors (Lipinski definition) is 0. The van der Waals surface area contributed by atoms with E-state index in [1.165, 1.54) is 6.07 Å². The Balaban J connectivity index is 2.31. The van der Waals surface area contributed by atoms with E-state index in [9.17, 15) is 4.39 Å². The van der Waals surface area contributed by atoms with Crippen molar-refractivity contribution in [1.29, 1.82) is 0 Å². The lowest BCUT2D eigenvalue weighted by atomic mass is 10.2. The van der Waals surface area contributed by atoms with E-state index >= 15 is 0 Å². The third-order valence-electron chi connectivity index (χ3n) is 2.16. The Morgan fingerprint density at radius 2 is 2.20 bits per heavy atom. The lowest BCUT2D eigenvalue weighted by Gasteiger charge is -2.05. The molecule has 78 valence electrons. The van der Waals surface area contributed by atoms with E-state index in [0.29, 0.717) is 17.1 Å². The van der Waals surface area contributed by atoms with Crippen molar-refractivity contribution in [2.75, 3.05) is 0 Å². The second-order valence-electron chi connectivity index (χ2n) is 3.35. The summed E-state index contributed by atoms with van der Waals surface area (Å²) in [5, 5.41) is 4.61. The summed E-state index contributed by atoms with van der Waals surface area (Å²) < 4.78 is 15.1. The number of aromatic nitrogens is 2. The Bertz CT molecular complexity index is 459. The van der Waals surface area contributed by atoms with Crippen molar-refractivity contribution < 1.29 is 4.39 Å². The van der Waals surface area contributed by atoms with Crippen LogP contribution in [0.1, 0.15) is 11.3 Å². The van der Waals surface area contributed by atoms with Crippen molar-refractivity contribution in [2.45, 2.75) is 13.5 Å². The topological polar surface area (TPSA) is 17.8 Å². The predicted molar refractivity (Wildman–Crippen MR) is 57.5 cm³/mol. The molecule has 15 heavy (non-hydrogen) atoms. The summed E-state index contributed by atoms with van der Waals surface area (Å²) in [6.45, 7) is 2.25. The summed E-state index contributed by atoms with van der Waals surface area (Å²) in [7, 11) is 0. The van der Waals surface area contributed by atoms with E-state index in [2.05, 4.69) is 5.10 Å². The quantitative estimate of drug-likeness (QED) is 0.767. The first kappa shape index (κ1) is 10.2. The molecule has 1 heterocycles. The molecule has 0 saturated carbocycles. The summed E-state index contributed by atoms with van der Waals surface area (Å²) >= 11 is 5.91. The molecule has 0 aliphatic carbocycles. The van der Waals surface area contributed by atoms with E-state index in [0.717, 1.165) is 5.69 Å². The summed E-state index contributed by atoms with van der Waals surface area (Å²) in [5.41, 5.74) is 1.38. The Morgan fingerprint density at radius 3 is 2.80 bits per heavy atom. The molecular weight excluding hydrogens is 215 g/mol. The number of nitrogens with zero attached hydrogens (tertiary/aromatic N) is 2. The summed E-state index contributed by atoms with van der Waals surface area (Å²) in [4.78, 5) is 0. The molecule has 4 heteroatoms. The molecule has 1 aromatic carbocycles. The number of rotatable bonds is 2. The van der Waals surface area contributed by atoms with Crippen LogP contribution >= 0.6 is 11.6 Å². The zero-order valence-corrected chi connectivity index (χ0v) is 9.00. The van der Waals surface area contributed by atoms with Gasteiger partial charge in [-0.1, -0.05) is 17.7 Å². The molecule has 0 aliphatic heterocycles. The van der Waals surface area contributed by atoms with Crippen LogP contribution in [0.15, 0.2) is 30.5 Å². The van der Waals surface area contributed by atoms with E-state index in [1.807, 2.05) is 13.0 Å². The fourth-order valence-electron chi connectivity index (χ4n) is 1.40. The van der Waals surface area contributed by atoms with Crippen molar-refractivity contribution in [3.63, 3.8) is 0 Å². The van der Waals surface area contributed by atoms with Crippen LogP contribution in [0, 0.1) is 12.7 Å². The Hall–Kier alpha value is -1.35. The van der Waals surface area contributed by atoms with Crippen LogP contribution in [-0.2, 0) is 6.54 Å². The van der Waals surface area contributed by atoms with Crippen molar-refractivity contribution >= 4 is 11.6 Å².